The molecule has 0 bridgehead atoms. The number of benzene rings is 3. The van der Waals surface area contributed by atoms with Crippen molar-refractivity contribution in [3.05, 3.63) is 93.5 Å². The van der Waals surface area contributed by atoms with Crippen LogP contribution < -0.4 is 19.7 Å². The highest BCUT2D eigenvalue weighted by molar-refractivity contribution is 6.32. The van der Waals surface area contributed by atoms with Gasteiger partial charge in [0.15, 0.2) is 5.75 Å². The standard InChI is InChI=1S/C33H31Cl2FN4O8/c1-19-25(34)5-3-7-29(19)46-10-11-47-33(45)40-16-22(41)18-48-31-23(4-2-6-28(31)40)21-14-38-39(15-21)17-24-26(35)12-20(13-27(24)36)32(44)37-9-8-30(42)43/h2-7,12-15,22,41H,8-11,16-18H2,1H3,(H,37,44)(H,42,43). The largest absolute Gasteiger partial charge is 0.490 e. The molecule has 2 heterocycles. The Kier molecular flexibility index (Phi) is 11.0. The van der Waals surface area contributed by atoms with Crippen molar-refractivity contribution in [3.8, 4) is 22.6 Å². The Morgan fingerprint density at radius 3 is 2.69 bits per heavy atom. The van der Waals surface area contributed by atoms with E-state index in [1.165, 1.54) is 21.8 Å². The van der Waals surface area contributed by atoms with E-state index in [1.807, 2.05) is 6.92 Å². The van der Waals surface area contributed by atoms with Gasteiger partial charge in [0.05, 0.1) is 31.4 Å². The Morgan fingerprint density at radius 2 is 1.92 bits per heavy atom. The minimum absolute atomic E-state index is 0.0106. The van der Waals surface area contributed by atoms with Crippen molar-refractivity contribution in [1.82, 2.24) is 15.1 Å². The summed E-state index contributed by atoms with van der Waals surface area (Å²) in [7, 11) is 0. The van der Waals surface area contributed by atoms with E-state index in [2.05, 4.69) is 10.4 Å². The molecule has 1 aliphatic heterocycles. The minimum atomic E-state index is -1.08. The maximum Gasteiger partial charge on any atom is 0.414 e. The summed E-state index contributed by atoms with van der Waals surface area (Å²) in [6.07, 6.45) is 1.19. The second-order valence-electron chi connectivity index (χ2n) is 10.8. The quantitative estimate of drug-likeness (QED) is 0.176. The Morgan fingerprint density at radius 1 is 1.12 bits per heavy atom. The van der Waals surface area contributed by atoms with E-state index >= 15 is 4.39 Å². The third kappa shape index (κ3) is 8.16. The number of carboxylic acid groups (broad SMARTS) is 1. The molecule has 0 fully saturated rings. The molecule has 4 aromatic rings. The van der Waals surface area contributed by atoms with E-state index in [4.69, 9.17) is 42.5 Å². The van der Waals surface area contributed by atoms with Gasteiger partial charge in [-0.15, -0.1) is 0 Å². The van der Waals surface area contributed by atoms with Crippen LogP contribution >= 0.6 is 23.2 Å². The number of β-amino-alcohol motifs (C(OH)–C–C–N with tert-alkyl or cyclic N) is 1. The zero-order chi connectivity index (χ0) is 34.4. The van der Waals surface area contributed by atoms with Gasteiger partial charge in [0, 0.05) is 50.6 Å². The van der Waals surface area contributed by atoms with E-state index in [1.54, 1.807) is 42.6 Å². The van der Waals surface area contributed by atoms with Crippen LogP contribution in [0.3, 0.4) is 0 Å². The van der Waals surface area contributed by atoms with Crippen molar-refractivity contribution < 1.29 is 43.2 Å². The highest BCUT2D eigenvalue weighted by Crippen LogP contribution is 2.40. The Hall–Kier alpha value is -4.85. The summed E-state index contributed by atoms with van der Waals surface area (Å²) in [5.74, 6) is -1.58. The van der Waals surface area contributed by atoms with Crippen molar-refractivity contribution in [2.75, 3.05) is 37.8 Å². The summed E-state index contributed by atoms with van der Waals surface area (Å²) in [5, 5.41) is 26.6. The summed E-state index contributed by atoms with van der Waals surface area (Å²) in [4.78, 5) is 37.5. The number of halogens is 3. The Bertz CT molecular complexity index is 1810. The van der Waals surface area contributed by atoms with Crippen LogP contribution in [0, 0.1) is 12.7 Å². The first kappa shape index (κ1) is 34.5. The highest BCUT2D eigenvalue weighted by atomic mass is 35.5. The lowest BCUT2D eigenvalue weighted by Gasteiger charge is -2.23. The van der Waals surface area contributed by atoms with Crippen LogP contribution in [-0.4, -0.2) is 77.0 Å². The second kappa shape index (κ2) is 15.4. The molecule has 0 saturated heterocycles. The number of carbonyl (C=O) groups excluding carboxylic acids is 2. The molecule has 48 heavy (non-hydrogen) atoms. The molecule has 252 valence electrons. The van der Waals surface area contributed by atoms with Gasteiger partial charge in [-0.2, -0.15) is 5.10 Å². The van der Waals surface area contributed by atoms with Gasteiger partial charge >= 0.3 is 12.1 Å². The molecule has 1 aliphatic rings. The van der Waals surface area contributed by atoms with E-state index < -0.39 is 29.9 Å². The number of aromatic nitrogens is 2. The first-order valence-electron chi connectivity index (χ1n) is 14.8. The highest BCUT2D eigenvalue weighted by Gasteiger charge is 2.30. The number of amides is 2. The van der Waals surface area contributed by atoms with Gasteiger partial charge < -0.3 is 29.7 Å². The number of hydrogen-bond acceptors (Lipinski definition) is 8. The maximum atomic E-state index is 15.1. The molecule has 2 amide bonds. The van der Waals surface area contributed by atoms with Crippen molar-refractivity contribution >= 4 is 46.9 Å². The van der Waals surface area contributed by atoms with Gasteiger partial charge in [0.2, 0.25) is 0 Å². The molecular weight excluding hydrogens is 670 g/mol. The average molecular weight is 702 g/mol. The van der Waals surface area contributed by atoms with Gasteiger partial charge in [0.25, 0.3) is 5.91 Å². The second-order valence-corrected chi connectivity index (χ2v) is 11.6. The van der Waals surface area contributed by atoms with E-state index in [0.29, 0.717) is 33.3 Å². The lowest BCUT2D eigenvalue weighted by atomic mass is 10.1. The molecular formula is C33H31Cl2FN4O8. The number of anilines is 1. The van der Waals surface area contributed by atoms with Gasteiger partial charge in [-0.25, -0.2) is 9.18 Å². The summed E-state index contributed by atoms with van der Waals surface area (Å²) < 4.78 is 33.7. The number of hydrogen-bond donors (Lipinski definition) is 3. The number of rotatable bonds is 11. The average Bonchev–Trinajstić information content (AvgIpc) is 3.45. The third-order valence-electron chi connectivity index (χ3n) is 7.40. The van der Waals surface area contributed by atoms with Crippen molar-refractivity contribution in [2.45, 2.75) is 26.0 Å². The fourth-order valence-corrected chi connectivity index (χ4v) is 5.39. The number of carbonyl (C=O) groups is 3. The number of ether oxygens (including phenoxy) is 3. The molecule has 0 radical (unpaired) electrons. The van der Waals surface area contributed by atoms with E-state index in [9.17, 15) is 19.5 Å². The first-order valence-corrected chi connectivity index (χ1v) is 15.5. The predicted molar refractivity (Wildman–Crippen MR) is 175 cm³/mol. The minimum Gasteiger partial charge on any atom is -0.490 e. The van der Waals surface area contributed by atoms with Crippen LogP contribution in [0.4, 0.5) is 14.9 Å². The first-order chi connectivity index (χ1) is 23.0. The van der Waals surface area contributed by atoms with E-state index in [-0.39, 0.29) is 62.0 Å². The number of aliphatic hydroxyl groups is 1. The number of para-hydroxylation sites is 1. The molecule has 0 spiro atoms. The number of carboxylic acids is 1. The zero-order valence-corrected chi connectivity index (χ0v) is 27.1. The van der Waals surface area contributed by atoms with Crippen molar-refractivity contribution in [3.63, 3.8) is 0 Å². The topological polar surface area (TPSA) is 152 Å². The van der Waals surface area contributed by atoms with E-state index in [0.717, 1.165) is 11.6 Å². The molecule has 15 heteroatoms. The van der Waals surface area contributed by atoms with Crippen LogP contribution in [0.15, 0.2) is 60.9 Å². The van der Waals surface area contributed by atoms with Crippen LogP contribution in [0.25, 0.3) is 11.1 Å². The van der Waals surface area contributed by atoms with Crippen LogP contribution in [-0.2, 0) is 16.1 Å². The molecule has 3 N–H and O–H groups in total. The van der Waals surface area contributed by atoms with Gasteiger partial charge in [-0.1, -0.05) is 41.4 Å². The zero-order valence-electron chi connectivity index (χ0n) is 25.6. The molecule has 12 nitrogen and oxygen atoms in total. The Balaban J connectivity index is 1.29. The number of nitrogens with zero attached hydrogens (tertiary/aromatic N) is 3. The smallest absolute Gasteiger partial charge is 0.414 e. The number of aliphatic hydroxyl groups excluding tert-OH is 1. The van der Waals surface area contributed by atoms with Gasteiger partial charge in [0.1, 0.15) is 37.5 Å². The molecule has 0 saturated carbocycles. The lowest BCUT2D eigenvalue weighted by Crippen LogP contribution is -2.38. The molecule has 5 rings (SSSR count). The summed E-state index contributed by atoms with van der Waals surface area (Å²) in [6, 6.07) is 12.7. The lowest BCUT2D eigenvalue weighted by molar-refractivity contribution is -0.136. The maximum absolute atomic E-state index is 15.1. The molecule has 1 atom stereocenters. The SMILES string of the molecule is Cc1c(Cl)cccc1OCCOC(=O)N1CC(O)COc2c(-c3cnn(Cc4c(F)cc(C(=O)NCCC(=O)O)cc4Cl)c3)cccc21. The fraction of sp³-hybridized carbons (Fsp3) is 0.273. The monoisotopic (exact) mass is 700 g/mol. The fourth-order valence-electron chi connectivity index (χ4n) is 4.95. The normalized spacial score (nSPS) is 14.0. The summed E-state index contributed by atoms with van der Waals surface area (Å²) in [6.45, 7) is 1.49. The van der Waals surface area contributed by atoms with Gasteiger partial charge in [-0.3, -0.25) is 19.2 Å². The Labute approximate surface area is 284 Å². The number of fused-ring (bicyclic) bond motifs is 1. The summed E-state index contributed by atoms with van der Waals surface area (Å²) >= 11 is 12.5. The molecule has 1 aromatic heterocycles. The number of nitrogens with one attached hydrogen (secondary N) is 1. The van der Waals surface area contributed by atoms with Crippen molar-refractivity contribution in [2.24, 2.45) is 0 Å². The van der Waals surface area contributed by atoms with Crippen LogP contribution in [0.5, 0.6) is 11.5 Å². The van der Waals surface area contributed by atoms with Crippen LogP contribution in [0.1, 0.15) is 27.9 Å². The predicted octanol–water partition coefficient (Wildman–Crippen LogP) is 5.33. The molecule has 0 aliphatic carbocycles. The molecule has 1 unspecified atom stereocenters. The molecule has 3 aromatic carbocycles. The number of aliphatic carboxylic acids is 1. The van der Waals surface area contributed by atoms with Gasteiger partial charge in [-0.05, 0) is 37.3 Å². The third-order valence-corrected chi connectivity index (χ3v) is 8.14. The van der Waals surface area contributed by atoms with Crippen LogP contribution in [0.2, 0.25) is 10.0 Å². The van der Waals surface area contributed by atoms with Crippen molar-refractivity contribution in [1.29, 1.82) is 0 Å². The summed E-state index contributed by atoms with van der Waals surface area (Å²) in [5.41, 5.74) is 2.32.